The molecule has 1 aromatic carbocycles. The second-order valence-electron chi connectivity index (χ2n) is 4.12. The molecule has 0 radical (unpaired) electrons. The molecule has 0 saturated carbocycles. The monoisotopic (exact) mass is 258 g/mol. The van der Waals surface area contributed by atoms with E-state index in [9.17, 15) is 0 Å². The number of hydrogen-bond donors (Lipinski definition) is 2. The van der Waals surface area contributed by atoms with Crippen LogP contribution >= 0.6 is 0 Å². The Hall–Kier alpha value is -2.30. The normalized spacial score (nSPS) is 10.2. The quantitative estimate of drug-likeness (QED) is 0.805. The minimum Gasteiger partial charge on any atom is -0.478 e. The van der Waals surface area contributed by atoms with Gasteiger partial charge >= 0.3 is 0 Å². The third kappa shape index (κ3) is 3.58. The van der Waals surface area contributed by atoms with Gasteiger partial charge in [0.25, 0.3) is 0 Å². The summed E-state index contributed by atoms with van der Waals surface area (Å²) in [5, 5.41) is 3.23. The number of nitrogens with zero attached hydrogens (tertiary/aromatic N) is 2. The summed E-state index contributed by atoms with van der Waals surface area (Å²) in [6, 6.07) is 9.54. The third-order valence-electron chi connectivity index (χ3n) is 2.62. The molecule has 1 heterocycles. The number of aryl methyl sites for hydroxylation is 1. The fourth-order valence-electron chi connectivity index (χ4n) is 1.73. The maximum Gasteiger partial charge on any atom is 0.218 e. The van der Waals surface area contributed by atoms with Crippen molar-refractivity contribution < 1.29 is 4.74 Å². The smallest absolute Gasteiger partial charge is 0.218 e. The molecule has 1 aromatic heterocycles. The summed E-state index contributed by atoms with van der Waals surface area (Å²) in [7, 11) is 0. The van der Waals surface area contributed by atoms with Crippen molar-refractivity contribution in [3.05, 3.63) is 41.7 Å². The molecule has 0 fully saturated rings. The van der Waals surface area contributed by atoms with Gasteiger partial charge in [-0.15, -0.1) is 0 Å². The van der Waals surface area contributed by atoms with E-state index < -0.39 is 0 Å². The highest BCUT2D eigenvalue weighted by Crippen LogP contribution is 2.16. The number of benzene rings is 1. The summed E-state index contributed by atoms with van der Waals surface area (Å²) in [6.45, 7) is 4.97. The summed E-state index contributed by atoms with van der Waals surface area (Å²) in [5.74, 6) is 1.99. The molecule has 3 N–H and O–H groups in total. The Morgan fingerprint density at radius 3 is 2.79 bits per heavy atom. The molecule has 19 heavy (non-hydrogen) atoms. The lowest BCUT2D eigenvalue weighted by Gasteiger charge is -2.10. The van der Waals surface area contributed by atoms with Gasteiger partial charge in [-0.3, -0.25) is 0 Å². The van der Waals surface area contributed by atoms with Crippen molar-refractivity contribution >= 4 is 11.5 Å². The van der Waals surface area contributed by atoms with Gasteiger partial charge in [-0.05, 0) is 25.5 Å². The Morgan fingerprint density at radius 2 is 2.05 bits per heavy atom. The first-order valence-electron chi connectivity index (χ1n) is 6.24. The zero-order chi connectivity index (χ0) is 13.7. The average Bonchev–Trinajstić information content (AvgIpc) is 2.37. The Kier molecular flexibility index (Phi) is 4.18. The summed E-state index contributed by atoms with van der Waals surface area (Å²) < 4.78 is 5.39. The Balaban J connectivity index is 2.09. The molecule has 5 nitrogen and oxygen atoms in total. The van der Waals surface area contributed by atoms with Crippen molar-refractivity contribution in [3.63, 3.8) is 0 Å². The van der Waals surface area contributed by atoms with Crippen LogP contribution in [0.4, 0.5) is 11.5 Å². The second kappa shape index (κ2) is 6.04. The van der Waals surface area contributed by atoms with Gasteiger partial charge in [-0.2, -0.15) is 4.98 Å². The zero-order valence-electron chi connectivity index (χ0n) is 11.2. The lowest BCUT2D eigenvalue weighted by molar-refractivity contribution is 0.325. The molecule has 2 rings (SSSR count). The number of anilines is 2. The Labute approximate surface area is 112 Å². The summed E-state index contributed by atoms with van der Waals surface area (Å²) in [5.41, 5.74) is 7.70. The molecule has 100 valence electrons. The van der Waals surface area contributed by atoms with Gasteiger partial charge in [0.1, 0.15) is 11.6 Å². The van der Waals surface area contributed by atoms with Crippen molar-refractivity contribution in [3.8, 4) is 5.88 Å². The molecule has 5 heteroatoms. The first-order valence-corrected chi connectivity index (χ1v) is 6.24. The average molecular weight is 258 g/mol. The fourth-order valence-corrected chi connectivity index (χ4v) is 1.73. The highest BCUT2D eigenvalue weighted by Gasteiger charge is 2.03. The molecule has 0 unspecified atom stereocenters. The van der Waals surface area contributed by atoms with E-state index in [0.717, 1.165) is 17.1 Å². The van der Waals surface area contributed by atoms with Crippen LogP contribution in [-0.2, 0) is 6.54 Å². The van der Waals surface area contributed by atoms with Crippen LogP contribution in [0.25, 0.3) is 0 Å². The van der Waals surface area contributed by atoms with E-state index in [0.29, 0.717) is 24.9 Å². The number of ether oxygens (including phenoxy) is 1. The molecule has 0 bridgehead atoms. The van der Waals surface area contributed by atoms with Crippen molar-refractivity contribution in [2.45, 2.75) is 20.4 Å². The number of para-hydroxylation sites is 1. The van der Waals surface area contributed by atoms with Crippen LogP contribution in [0.1, 0.15) is 18.3 Å². The van der Waals surface area contributed by atoms with Crippen molar-refractivity contribution in [1.29, 1.82) is 0 Å². The minimum absolute atomic E-state index is 0.582. The van der Waals surface area contributed by atoms with Crippen LogP contribution in [0.3, 0.4) is 0 Å². The number of hydrogen-bond acceptors (Lipinski definition) is 5. The van der Waals surface area contributed by atoms with Crippen LogP contribution in [-0.4, -0.2) is 16.6 Å². The van der Waals surface area contributed by atoms with E-state index in [-0.39, 0.29) is 0 Å². The highest BCUT2D eigenvalue weighted by molar-refractivity contribution is 5.49. The van der Waals surface area contributed by atoms with Crippen LogP contribution in [0, 0.1) is 6.92 Å². The summed E-state index contributed by atoms with van der Waals surface area (Å²) >= 11 is 0. The van der Waals surface area contributed by atoms with Crippen LogP contribution < -0.4 is 15.8 Å². The van der Waals surface area contributed by atoms with E-state index in [4.69, 9.17) is 10.5 Å². The second-order valence-corrected chi connectivity index (χ2v) is 4.12. The minimum atomic E-state index is 0.582. The zero-order valence-corrected chi connectivity index (χ0v) is 11.2. The van der Waals surface area contributed by atoms with Crippen LogP contribution in [0.15, 0.2) is 30.3 Å². The summed E-state index contributed by atoms with van der Waals surface area (Å²) in [4.78, 5) is 8.52. The van der Waals surface area contributed by atoms with Gasteiger partial charge in [0.15, 0.2) is 0 Å². The van der Waals surface area contributed by atoms with E-state index in [1.54, 1.807) is 6.07 Å². The molecule has 0 aliphatic heterocycles. The number of nitrogens with one attached hydrogen (secondary N) is 1. The van der Waals surface area contributed by atoms with Crippen molar-refractivity contribution in [2.24, 2.45) is 0 Å². The molecule has 0 amide bonds. The van der Waals surface area contributed by atoms with Gasteiger partial charge in [0.2, 0.25) is 5.88 Å². The van der Waals surface area contributed by atoms with Gasteiger partial charge in [0, 0.05) is 18.3 Å². The summed E-state index contributed by atoms with van der Waals surface area (Å²) in [6.07, 6.45) is 0. The standard InChI is InChI=1S/C14H18N4O/c1-3-19-14-8-13(17-10(2)18-14)16-9-11-6-4-5-7-12(11)15/h4-8H,3,9,15H2,1-2H3,(H,16,17,18). The molecule has 2 aromatic rings. The van der Waals surface area contributed by atoms with Crippen molar-refractivity contribution in [2.75, 3.05) is 17.7 Å². The number of nitrogen functional groups attached to an aromatic ring is 1. The maximum atomic E-state index is 5.89. The molecule has 0 saturated heterocycles. The third-order valence-corrected chi connectivity index (χ3v) is 2.62. The maximum absolute atomic E-state index is 5.89. The molecule has 0 spiro atoms. The predicted molar refractivity (Wildman–Crippen MR) is 76.1 cm³/mol. The molecule has 0 aliphatic carbocycles. The highest BCUT2D eigenvalue weighted by atomic mass is 16.5. The Bertz CT molecular complexity index is 557. The Morgan fingerprint density at radius 1 is 1.26 bits per heavy atom. The number of rotatable bonds is 5. The van der Waals surface area contributed by atoms with Gasteiger partial charge in [-0.25, -0.2) is 4.98 Å². The van der Waals surface area contributed by atoms with E-state index >= 15 is 0 Å². The van der Waals surface area contributed by atoms with Crippen molar-refractivity contribution in [1.82, 2.24) is 9.97 Å². The number of aromatic nitrogens is 2. The molecule has 0 aliphatic rings. The van der Waals surface area contributed by atoms with Gasteiger partial charge in [-0.1, -0.05) is 18.2 Å². The topological polar surface area (TPSA) is 73.1 Å². The SMILES string of the molecule is CCOc1cc(NCc2ccccc2N)nc(C)n1. The van der Waals surface area contributed by atoms with E-state index in [1.807, 2.05) is 38.1 Å². The van der Waals surface area contributed by atoms with Crippen LogP contribution in [0.2, 0.25) is 0 Å². The molecule has 0 atom stereocenters. The largest absolute Gasteiger partial charge is 0.478 e. The predicted octanol–water partition coefficient (Wildman–Crippen LogP) is 2.38. The fraction of sp³-hybridized carbons (Fsp3) is 0.286. The van der Waals surface area contributed by atoms with E-state index in [2.05, 4.69) is 15.3 Å². The van der Waals surface area contributed by atoms with Gasteiger partial charge in [0.05, 0.1) is 6.61 Å². The lowest BCUT2D eigenvalue weighted by atomic mass is 10.2. The first-order chi connectivity index (χ1) is 9.19. The van der Waals surface area contributed by atoms with Gasteiger partial charge < -0.3 is 15.8 Å². The first kappa shape index (κ1) is 13.1. The molecular weight excluding hydrogens is 240 g/mol. The van der Waals surface area contributed by atoms with E-state index in [1.165, 1.54) is 0 Å². The van der Waals surface area contributed by atoms with Crippen LogP contribution in [0.5, 0.6) is 5.88 Å². The molecular formula is C14H18N4O. The number of nitrogens with two attached hydrogens (primary N) is 1. The lowest BCUT2D eigenvalue weighted by Crippen LogP contribution is -2.06.